The topological polar surface area (TPSA) is 64.7 Å². The average Bonchev–Trinajstić information content (AvgIpc) is 3.17. The second kappa shape index (κ2) is 9.88. The van der Waals surface area contributed by atoms with Gasteiger partial charge in [0.15, 0.2) is 0 Å². The molecule has 2 amide bonds. The van der Waals surface area contributed by atoms with Crippen molar-refractivity contribution in [1.29, 1.82) is 0 Å². The van der Waals surface area contributed by atoms with E-state index in [2.05, 4.69) is 45.7 Å². The molecule has 2 aliphatic heterocycles. The van der Waals surface area contributed by atoms with Gasteiger partial charge in [-0.05, 0) is 67.7 Å². The Kier molecular flexibility index (Phi) is 6.96. The van der Waals surface area contributed by atoms with E-state index in [0.717, 1.165) is 50.5 Å². The number of carbonyl (C=O) groups is 2. The van der Waals surface area contributed by atoms with E-state index in [1.54, 1.807) is 0 Å². The number of fused-ring (bicyclic) bond motifs is 1. The molecule has 1 fully saturated rings. The minimum Gasteiger partial charge on any atom is -0.374 e. The number of piperidine rings is 1. The molecule has 1 saturated heterocycles. The van der Waals surface area contributed by atoms with Gasteiger partial charge in [0, 0.05) is 31.5 Å². The van der Waals surface area contributed by atoms with Gasteiger partial charge in [-0.1, -0.05) is 30.2 Å². The zero-order valence-electron chi connectivity index (χ0n) is 18.2. The molecule has 0 unspecified atom stereocenters. The summed E-state index contributed by atoms with van der Waals surface area (Å²) in [5.74, 6) is -2.12. The Hall–Kier alpha value is -2.64. The molecule has 6 nitrogen and oxygen atoms in total. The maximum atomic E-state index is 13.3. The predicted molar refractivity (Wildman–Crippen MR) is 125 cm³/mol. The lowest BCUT2D eigenvalue weighted by Crippen LogP contribution is -2.43. The molecule has 0 bridgehead atoms. The van der Waals surface area contributed by atoms with Gasteiger partial charge < -0.3 is 15.5 Å². The number of amides is 2. The van der Waals surface area contributed by atoms with E-state index in [9.17, 15) is 14.0 Å². The van der Waals surface area contributed by atoms with Crippen molar-refractivity contribution in [2.24, 2.45) is 0 Å². The van der Waals surface area contributed by atoms with Crippen molar-refractivity contribution in [3.8, 4) is 0 Å². The summed E-state index contributed by atoms with van der Waals surface area (Å²) < 4.78 is 13.3. The summed E-state index contributed by atoms with van der Waals surface area (Å²) in [6.07, 6.45) is 4.49. The quantitative estimate of drug-likeness (QED) is 0.670. The molecule has 0 radical (unpaired) electrons. The van der Waals surface area contributed by atoms with Gasteiger partial charge >= 0.3 is 11.8 Å². The molecule has 2 N–H and O–H groups in total. The molecular weight excluding hydrogens is 431 g/mol. The number of likely N-dealkylation sites (tertiary alicyclic amines) is 1. The van der Waals surface area contributed by atoms with Gasteiger partial charge in [-0.15, -0.1) is 0 Å². The third-order valence-electron chi connectivity index (χ3n) is 6.29. The van der Waals surface area contributed by atoms with Gasteiger partial charge in [-0.3, -0.25) is 14.5 Å². The SMILES string of the molecule is CN1CCc2cc([C@@H](CNC(=O)C(=O)Nc3ccc(F)c(Cl)c3)N3CCCCC3)ccc21. The lowest BCUT2D eigenvalue weighted by atomic mass is 9.98. The standard InChI is InChI=1S/C24H28ClFN4O2/c1-29-12-9-17-13-16(5-8-21(17)29)22(30-10-3-2-4-11-30)15-27-23(31)24(32)28-18-6-7-20(26)19(25)14-18/h5-8,13-14,22H,2-4,9-12,15H2,1H3,(H,27,31)(H,28,32)/t22-/m1/s1. The maximum absolute atomic E-state index is 13.3. The largest absolute Gasteiger partial charge is 0.374 e. The molecule has 4 rings (SSSR count). The van der Waals surface area contributed by atoms with Crippen LogP contribution >= 0.6 is 11.6 Å². The summed E-state index contributed by atoms with van der Waals surface area (Å²) in [5, 5.41) is 5.15. The number of nitrogens with one attached hydrogen (secondary N) is 2. The fourth-order valence-electron chi connectivity index (χ4n) is 4.51. The Labute approximate surface area is 192 Å². The third-order valence-corrected chi connectivity index (χ3v) is 6.58. The van der Waals surface area contributed by atoms with Gasteiger partial charge in [-0.25, -0.2) is 4.39 Å². The second-order valence-corrected chi connectivity index (χ2v) is 8.87. The summed E-state index contributed by atoms with van der Waals surface area (Å²) in [7, 11) is 2.10. The molecule has 170 valence electrons. The van der Waals surface area contributed by atoms with Crippen molar-refractivity contribution in [2.75, 3.05) is 43.4 Å². The summed E-state index contributed by atoms with van der Waals surface area (Å²) in [5.41, 5.74) is 4.01. The highest BCUT2D eigenvalue weighted by Gasteiger charge is 2.26. The predicted octanol–water partition coefficient (Wildman–Crippen LogP) is 3.75. The first kappa shape index (κ1) is 22.6. The van der Waals surface area contributed by atoms with Crippen molar-refractivity contribution in [2.45, 2.75) is 31.7 Å². The van der Waals surface area contributed by atoms with Crippen LogP contribution in [-0.2, 0) is 16.0 Å². The normalized spacial score (nSPS) is 17.0. The van der Waals surface area contributed by atoms with Gasteiger partial charge in [0.1, 0.15) is 5.82 Å². The van der Waals surface area contributed by atoms with Crippen LogP contribution in [0.3, 0.4) is 0 Å². The zero-order valence-corrected chi connectivity index (χ0v) is 18.9. The number of rotatable bonds is 5. The molecule has 2 heterocycles. The van der Waals surface area contributed by atoms with Crippen LogP contribution < -0.4 is 15.5 Å². The van der Waals surface area contributed by atoms with Gasteiger partial charge in [0.2, 0.25) is 0 Å². The minimum atomic E-state index is -0.805. The molecule has 32 heavy (non-hydrogen) atoms. The Morgan fingerprint density at radius 1 is 1.06 bits per heavy atom. The van der Waals surface area contributed by atoms with Crippen molar-refractivity contribution in [3.05, 3.63) is 58.4 Å². The summed E-state index contributed by atoms with van der Waals surface area (Å²) in [6, 6.07) is 10.3. The fraction of sp³-hybridized carbons (Fsp3) is 0.417. The summed E-state index contributed by atoms with van der Waals surface area (Å²) >= 11 is 5.75. The van der Waals surface area contributed by atoms with Crippen LogP contribution in [0.25, 0.3) is 0 Å². The van der Waals surface area contributed by atoms with E-state index in [1.165, 1.54) is 29.8 Å². The number of halogens is 2. The number of nitrogens with zero attached hydrogens (tertiary/aromatic N) is 2. The minimum absolute atomic E-state index is 0.00326. The number of likely N-dealkylation sites (N-methyl/N-ethyl adjacent to an activating group) is 1. The van der Waals surface area contributed by atoms with E-state index >= 15 is 0 Å². The first-order valence-electron chi connectivity index (χ1n) is 11.0. The maximum Gasteiger partial charge on any atom is 0.313 e. The van der Waals surface area contributed by atoms with E-state index in [-0.39, 0.29) is 16.8 Å². The fourth-order valence-corrected chi connectivity index (χ4v) is 4.69. The van der Waals surface area contributed by atoms with E-state index in [1.807, 2.05) is 0 Å². The van der Waals surface area contributed by atoms with Gasteiger partial charge in [0.25, 0.3) is 0 Å². The second-order valence-electron chi connectivity index (χ2n) is 8.47. The van der Waals surface area contributed by atoms with Crippen LogP contribution in [0.5, 0.6) is 0 Å². The van der Waals surface area contributed by atoms with Crippen LogP contribution in [0.4, 0.5) is 15.8 Å². The molecule has 0 aliphatic carbocycles. The highest BCUT2D eigenvalue weighted by Crippen LogP contribution is 2.32. The first-order valence-corrected chi connectivity index (χ1v) is 11.4. The van der Waals surface area contributed by atoms with Crippen LogP contribution in [0.1, 0.15) is 36.4 Å². The highest BCUT2D eigenvalue weighted by atomic mass is 35.5. The molecule has 0 spiro atoms. The number of hydrogen-bond donors (Lipinski definition) is 2. The molecule has 2 aromatic rings. The van der Waals surface area contributed by atoms with Crippen molar-refractivity contribution >= 4 is 34.8 Å². The van der Waals surface area contributed by atoms with Crippen molar-refractivity contribution in [3.63, 3.8) is 0 Å². The molecule has 1 atom stereocenters. The van der Waals surface area contributed by atoms with Crippen molar-refractivity contribution in [1.82, 2.24) is 10.2 Å². The number of benzene rings is 2. The Balaban J connectivity index is 1.44. The molecule has 8 heteroatoms. The average molecular weight is 459 g/mol. The molecule has 0 aromatic heterocycles. The summed E-state index contributed by atoms with van der Waals surface area (Å²) in [4.78, 5) is 29.5. The van der Waals surface area contributed by atoms with Crippen LogP contribution in [-0.4, -0.2) is 49.9 Å². The smallest absolute Gasteiger partial charge is 0.313 e. The Bertz CT molecular complexity index is 1010. The first-order chi connectivity index (χ1) is 15.4. The Morgan fingerprint density at radius 2 is 1.84 bits per heavy atom. The van der Waals surface area contributed by atoms with Crippen LogP contribution in [0.2, 0.25) is 5.02 Å². The van der Waals surface area contributed by atoms with Gasteiger partial charge in [0.05, 0.1) is 11.1 Å². The lowest BCUT2D eigenvalue weighted by Gasteiger charge is -2.35. The van der Waals surface area contributed by atoms with E-state index in [0.29, 0.717) is 6.54 Å². The van der Waals surface area contributed by atoms with E-state index < -0.39 is 17.6 Å². The van der Waals surface area contributed by atoms with Crippen molar-refractivity contribution < 1.29 is 14.0 Å². The van der Waals surface area contributed by atoms with Crippen LogP contribution in [0, 0.1) is 5.82 Å². The zero-order chi connectivity index (χ0) is 22.7. The third kappa shape index (κ3) is 5.05. The van der Waals surface area contributed by atoms with E-state index in [4.69, 9.17) is 11.6 Å². The molecule has 0 saturated carbocycles. The molecule has 2 aromatic carbocycles. The lowest BCUT2D eigenvalue weighted by molar-refractivity contribution is -0.136. The highest BCUT2D eigenvalue weighted by molar-refractivity contribution is 6.39. The number of hydrogen-bond acceptors (Lipinski definition) is 4. The van der Waals surface area contributed by atoms with Gasteiger partial charge in [-0.2, -0.15) is 0 Å². The molecule has 2 aliphatic rings. The summed E-state index contributed by atoms with van der Waals surface area (Å²) in [6.45, 7) is 3.29. The van der Waals surface area contributed by atoms with Crippen LogP contribution in [0.15, 0.2) is 36.4 Å². The Morgan fingerprint density at radius 3 is 2.59 bits per heavy atom. The monoisotopic (exact) mass is 458 g/mol. The number of anilines is 2. The molecular formula is C24H28ClFN4O2. The number of carbonyl (C=O) groups excluding carboxylic acids is 2.